The quantitative estimate of drug-likeness (QED) is 0.241. The van der Waals surface area contributed by atoms with Gasteiger partial charge in [0.15, 0.2) is 11.6 Å². The number of nitrogens with two attached hydrogens (primary N) is 1. The highest BCUT2D eigenvalue weighted by atomic mass is 16.5. The van der Waals surface area contributed by atoms with Gasteiger partial charge in [-0.3, -0.25) is 4.99 Å². The number of furan rings is 1. The molecule has 0 unspecified atom stereocenters. The molecule has 5 nitrogen and oxygen atoms in total. The number of amidine groups is 1. The highest BCUT2D eigenvalue weighted by Crippen LogP contribution is 2.08. The second-order valence-electron chi connectivity index (χ2n) is 2.80. The van der Waals surface area contributed by atoms with Crippen molar-refractivity contribution in [2.75, 3.05) is 20.3 Å². The fraction of sp³-hybridized carbons (Fsp3) is 0.444. The first-order valence-electron chi connectivity index (χ1n) is 4.34. The van der Waals surface area contributed by atoms with E-state index in [0.717, 1.165) is 5.56 Å². The van der Waals surface area contributed by atoms with Crippen molar-refractivity contribution < 1.29 is 9.15 Å². The summed E-state index contributed by atoms with van der Waals surface area (Å²) < 4.78 is 10.1. The van der Waals surface area contributed by atoms with E-state index >= 15 is 0 Å². The van der Waals surface area contributed by atoms with Crippen molar-refractivity contribution in [3.63, 3.8) is 0 Å². The molecule has 0 saturated carbocycles. The number of hydrogen-bond acceptors (Lipinski definition) is 4. The number of aliphatic imine (C=N–C) groups is 1. The molecule has 0 aliphatic heterocycles. The average molecular weight is 197 g/mol. The smallest absolute Gasteiger partial charge is 0.179 e. The Labute approximate surface area is 82.9 Å². The standard InChI is InChI=1S/C9H15N3O2/c1-7-3-5-14-8(7)9(12-10)11-4-6-13-2/h3,5H,4,6,10H2,1-2H3,(H,11,12). The maximum Gasteiger partial charge on any atom is 0.179 e. The number of ether oxygens (including phenoxy) is 1. The van der Waals surface area contributed by atoms with Gasteiger partial charge in [0.25, 0.3) is 0 Å². The average Bonchev–Trinajstić information content (AvgIpc) is 2.60. The van der Waals surface area contributed by atoms with Crippen LogP contribution in [0.25, 0.3) is 0 Å². The molecule has 0 spiro atoms. The molecule has 0 aromatic carbocycles. The monoisotopic (exact) mass is 197 g/mol. The lowest BCUT2D eigenvalue weighted by molar-refractivity contribution is 0.208. The molecule has 1 aromatic rings. The zero-order valence-corrected chi connectivity index (χ0v) is 8.41. The van der Waals surface area contributed by atoms with Crippen molar-refractivity contribution in [3.05, 3.63) is 23.7 Å². The SMILES string of the molecule is COCCN=C(NN)c1occc1C. The third-order valence-corrected chi connectivity index (χ3v) is 1.78. The van der Waals surface area contributed by atoms with Crippen LogP contribution < -0.4 is 11.3 Å². The highest BCUT2D eigenvalue weighted by molar-refractivity contribution is 5.97. The summed E-state index contributed by atoms with van der Waals surface area (Å²) in [5, 5.41) is 0. The van der Waals surface area contributed by atoms with Crippen LogP contribution in [0.15, 0.2) is 21.7 Å². The number of nitrogens with zero attached hydrogens (tertiary/aromatic N) is 1. The van der Waals surface area contributed by atoms with Crippen molar-refractivity contribution >= 4 is 5.84 Å². The molecule has 78 valence electrons. The Balaban J connectivity index is 2.71. The van der Waals surface area contributed by atoms with Gasteiger partial charge in [-0.2, -0.15) is 0 Å². The van der Waals surface area contributed by atoms with Gasteiger partial charge < -0.3 is 14.6 Å². The number of nitrogens with one attached hydrogen (secondary N) is 1. The molecule has 5 heteroatoms. The summed E-state index contributed by atoms with van der Waals surface area (Å²) in [5.41, 5.74) is 3.50. The van der Waals surface area contributed by atoms with Gasteiger partial charge in [-0.15, -0.1) is 0 Å². The normalized spacial score (nSPS) is 11.8. The van der Waals surface area contributed by atoms with Crippen LogP contribution in [0.2, 0.25) is 0 Å². The van der Waals surface area contributed by atoms with Crippen molar-refractivity contribution in [2.45, 2.75) is 6.92 Å². The number of methoxy groups -OCH3 is 1. The van der Waals surface area contributed by atoms with Crippen LogP contribution in [0, 0.1) is 6.92 Å². The van der Waals surface area contributed by atoms with Crippen LogP contribution >= 0.6 is 0 Å². The van der Waals surface area contributed by atoms with Gasteiger partial charge in [-0.1, -0.05) is 0 Å². The fourth-order valence-electron chi connectivity index (χ4n) is 1.05. The predicted octanol–water partition coefficient (Wildman–Crippen LogP) is 0.444. The van der Waals surface area contributed by atoms with Gasteiger partial charge in [0.2, 0.25) is 0 Å². The minimum atomic E-state index is 0.546. The van der Waals surface area contributed by atoms with Crippen molar-refractivity contribution in [3.8, 4) is 0 Å². The first kappa shape index (κ1) is 10.7. The summed E-state index contributed by atoms with van der Waals surface area (Å²) in [6.07, 6.45) is 1.61. The maximum absolute atomic E-state index is 5.33. The van der Waals surface area contributed by atoms with Gasteiger partial charge >= 0.3 is 0 Å². The van der Waals surface area contributed by atoms with Crippen LogP contribution in [0.4, 0.5) is 0 Å². The Morgan fingerprint density at radius 3 is 3.00 bits per heavy atom. The van der Waals surface area contributed by atoms with E-state index in [1.807, 2.05) is 13.0 Å². The van der Waals surface area contributed by atoms with Gasteiger partial charge in [0.1, 0.15) is 0 Å². The molecule has 3 N–H and O–H groups in total. The summed E-state index contributed by atoms with van der Waals surface area (Å²) >= 11 is 0. The van der Waals surface area contributed by atoms with E-state index in [9.17, 15) is 0 Å². The second-order valence-corrected chi connectivity index (χ2v) is 2.80. The zero-order valence-electron chi connectivity index (χ0n) is 8.41. The Morgan fingerprint density at radius 2 is 2.50 bits per heavy atom. The fourth-order valence-corrected chi connectivity index (χ4v) is 1.05. The lowest BCUT2D eigenvalue weighted by Gasteiger charge is -2.03. The maximum atomic E-state index is 5.33. The molecule has 1 rings (SSSR count). The molecule has 0 bridgehead atoms. The summed E-state index contributed by atoms with van der Waals surface area (Å²) in [6, 6.07) is 1.86. The summed E-state index contributed by atoms with van der Waals surface area (Å²) in [7, 11) is 1.63. The van der Waals surface area contributed by atoms with E-state index in [1.54, 1.807) is 13.4 Å². The van der Waals surface area contributed by atoms with E-state index in [0.29, 0.717) is 24.7 Å². The van der Waals surface area contributed by atoms with E-state index in [2.05, 4.69) is 10.4 Å². The van der Waals surface area contributed by atoms with E-state index in [-0.39, 0.29) is 0 Å². The van der Waals surface area contributed by atoms with Crippen molar-refractivity contribution in [2.24, 2.45) is 10.8 Å². The molecule has 0 saturated heterocycles. The van der Waals surface area contributed by atoms with Crippen LogP contribution in [-0.4, -0.2) is 26.1 Å². The molecule has 1 heterocycles. The first-order valence-corrected chi connectivity index (χ1v) is 4.34. The molecular formula is C9H15N3O2. The first-order chi connectivity index (χ1) is 6.79. The zero-order chi connectivity index (χ0) is 10.4. The summed E-state index contributed by atoms with van der Waals surface area (Å²) in [5.74, 6) is 6.55. The van der Waals surface area contributed by atoms with Crippen LogP contribution in [0.5, 0.6) is 0 Å². The Kier molecular flexibility index (Phi) is 4.15. The molecule has 14 heavy (non-hydrogen) atoms. The lowest BCUT2D eigenvalue weighted by atomic mass is 10.2. The molecule has 0 atom stereocenters. The largest absolute Gasteiger partial charge is 0.461 e. The molecule has 0 aliphatic rings. The Hall–Kier alpha value is -1.33. The number of aryl methyl sites for hydroxylation is 1. The molecule has 0 aliphatic carbocycles. The minimum absolute atomic E-state index is 0.546. The molecule has 1 aromatic heterocycles. The topological polar surface area (TPSA) is 72.8 Å². The van der Waals surface area contributed by atoms with E-state index < -0.39 is 0 Å². The third-order valence-electron chi connectivity index (χ3n) is 1.78. The van der Waals surface area contributed by atoms with Crippen LogP contribution in [-0.2, 0) is 4.74 Å². The lowest BCUT2D eigenvalue weighted by Crippen LogP contribution is -2.31. The van der Waals surface area contributed by atoms with Gasteiger partial charge in [0, 0.05) is 7.11 Å². The molecular weight excluding hydrogens is 182 g/mol. The van der Waals surface area contributed by atoms with E-state index in [4.69, 9.17) is 15.0 Å². The number of rotatable bonds is 4. The Morgan fingerprint density at radius 1 is 1.71 bits per heavy atom. The van der Waals surface area contributed by atoms with E-state index in [1.165, 1.54) is 0 Å². The summed E-state index contributed by atoms with van der Waals surface area (Å²) in [6.45, 7) is 3.04. The minimum Gasteiger partial charge on any atom is -0.461 e. The van der Waals surface area contributed by atoms with Gasteiger partial charge in [-0.25, -0.2) is 5.84 Å². The van der Waals surface area contributed by atoms with Crippen LogP contribution in [0.1, 0.15) is 11.3 Å². The van der Waals surface area contributed by atoms with Crippen molar-refractivity contribution in [1.82, 2.24) is 5.43 Å². The Bertz CT molecular complexity index is 307. The number of hydrazine groups is 1. The second kappa shape index (κ2) is 5.41. The van der Waals surface area contributed by atoms with Crippen molar-refractivity contribution in [1.29, 1.82) is 0 Å². The molecule has 0 fully saturated rings. The van der Waals surface area contributed by atoms with Crippen LogP contribution in [0.3, 0.4) is 0 Å². The predicted molar refractivity (Wildman–Crippen MR) is 54.0 cm³/mol. The molecule has 0 radical (unpaired) electrons. The number of hydrogen-bond donors (Lipinski definition) is 2. The third kappa shape index (κ3) is 2.58. The van der Waals surface area contributed by atoms with Gasteiger partial charge in [0.05, 0.1) is 19.4 Å². The van der Waals surface area contributed by atoms with Gasteiger partial charge in [-0.05, 0) is 18.6 Å². The highest BCUT2D eigenvalue weighted by Gasteiger charge is 2.08. The molecule has 0 amide bonds. The summed E-state index contributed by atoms with van der Waals surface area (Å²) in [4.78, 5) is 4.20.